The average molecular weight is 231 g/mol. The van der Waals surface area contributed by atoms with Crippen molar-refractivity contribution < 1.29 is 9.53 Å². The van der Waals surface area contributed by atoms with Gasteiger partial charge in [-0.1, -0.05) is 0 Å². The lowest BCUT2D eigenvalue weighted by atomic mass is 10.2. The zero-order valence-electron chi connectivity index (χ0n) is 9.08. The van der Waals surface area contributed by atoms with Crippen LogP contribution in [0.15, 0.2) is 17.2 Å². The summed E-state index contributed by atoms with van der Waals surface area (Å²) in [5.74, 6) is 0.530. The van der Waals surface area contributed by atoms with Crippen LogP contribution in [-0.4, -0.2) is 27.7 Å². The van der Waals surface area contributed by atoms with Gasteiger partial charge in [-0.3, -0.25) is 9.59 Å². The average Bonchev–Trinajstić information content (AvgIpc) is 2.36. The third-order valence-corrected chi connectivity index (χ3v) is 2.89. The molecule has 0 N–H and O–H groups in total. The van der Waals surface area contributed by atoms with Crippen LogP contribution in [0.3, 0.4) is 0 Å². The smallest absolute Gasteiger partial charge is 0.220 e. The fourth-order valence-electron chi connectivity index (χ4n) is 2.00. The summed E-state index contributed by atoms with van der Waals surface area (Å²) in [7, 11) is 0. The number of ether oxygens (including phenoxy) is 1. The quantitative estimate of drug-likeness (QED) is 0.670. The Bertz CT molecular complexity index is 677. The summed E-state index contributed by atoms with van der Waals surface area (Å²) in [5, 5.41) is 7.52. The van der Waals surface area contributed by atoms with E-state index in [0.29, 0.717) is 24.2 Å². The molecular formula is C11H9N3O3. The predicted molar refractivity (Wildman–Crippen MR) is 59.4 cm³/mol. The van der Waals surface area contributed by atoms with Crippen LogP contribution in [0.25, 0.3) is 11.0 Å². The maximum absolute atomic E-state index is 11.9. The number of aromatic nitrogens is 3. The van der Waals surface area contributed by atoms with E-state index in [1.807, 2.05) is 11.5 Å². The van der Waals surface area contributed by atoms with Crippen molar-refractivity contribution >= 4 is 17.3 Å². The number of aldehydes is 1. The molecule has 0 saturated heterocycles. The lowest BCUT2D eigenvalue weighted by Gasteiger charge is -2.25. The van der Waals surface area contributed by atoms with Gasteiger partial charge in [0, 0.05) is 6.20 Å². The Morgan fingerprint density at radius 2 is 2.41 bits per heavy atom. The first kappa shape index (κ1) is 9.95. The van der Waals surface area contributed by atoms with Crippen LogP contribution in [-0.2, 0) is 0 Å². The predicted octanol–water partition coefficient (Wildman–Crippen LogP) is 0.557. The van der Waals surface area contributed by atoms with Crippen molar-refractivity contribution in [1.82, 2.24) is 14.8 Å². The lowest BCUT2D eigenvalue weighted by molar-refractivity contribution is 0.112. The van der Waals surface area contributed by atoms with Crippen molar-refractivity contribution in [3.63, 3.8) is 0 Å². The van der Waals surface area contributed by atoms with Crippen LogP contribution in [0.1, 0.15) is 23.3 Å². The normalized spacial score (nSPS) is 17.8. The SMILES string of the molecule is CC1COc2cnnc3c(=O)c(C=O)cn1c23. The van der Waals surface area contributed by atoms with E-state index in [1.165, 1.54) is 6.20 Å². The number of hydrogen-bond acceptors (Lipinski definition) is 5. The molecule has 2 aromatic heterocycles. The second kappa shape index (κ2) is 3.38. The fourth-order valence-corrected chi connectivity index (χ4v) is 2.00. The fraction of sp³-hybridized carbons (Fsp3) is 0.273. The van der Waals surface area contributed by atoms with Gasteiger partial charge in [0.25, 0.3) is 0 Å². The third kappa shape index (κ3) is 1.27. The topological polar surface area (TPSA) is 74.1 Å². The molecule has 6 heteroatoms. The van der Waals surface area contributed by atoms with Crippen LogP contribution in [0, 0.1) is 0 Å². The number of carbonyl (C=O) groups excluding carboxylic acids is 1. The van der Waals surface area contributed by atoms with Crippen LogP contribution < -0.4 is 10.2 Å². The summed E-state index contributed by atoms with van der Waals surface area (Å²) in [6.07, 6.45) is 3.57. The maximum Gasteiger partial charge on any atom is 0.220 e. The summed E-state index contributed by atoms with van der Waals surface area (Å²) < 4.78 is 7.33. The molecule has 3 rings (SSSR count). The van der Waals surface area contributed by atoms with E-state index in [2.05, 4.69) is 10.2 Å². The molecule has 0 saturated carbocycles. The highest BCUT2D eigenvalue weighted by Gasteiger charge is 2.22. The monoisotopic (exact) mass is 231 g/mol. The zero-order valence-corrected chi connectivity index (χ0v) is 9.08. The molecule has 6 nitrogen and oxygen atoms in total. The number of pyridine rings is 1. The first-order valence-corrected chi connectivity index (χ1v) is 5.21. The summed E-state index contributed by atoms with van der Waals surface area (Å²) in [5.41, 5.74) is 0.476. The molecule has 1 aliphatic rings. The second-order valence-corrected chi connectivity index (χ2v) is 4.00. The molecule has 17 heavy (non-hydrogen) atoms. The Labute approximate surface area is 95.8 Å². The van der Waals surface area contributed by atoms with Gasteiger partial charge in [0.15, 0.2) is 17.6 Å². The van der Waals surface area contributed by atoms with Crippen LogP contribution in [0.4, 0.5) is 0 Å². The van der Waals surface area contributed by atoms with Crippen LogP contribution in [0.5, 0.6) is 5.75 Å². The molecular weight excluding hydrogens is 222 g/mol. The van der Waals surface area contributed by atoms with Gasteiger partial charge in [0.1, 0.15) is 12.1 Å². The van der Waals surface area contributed by atoms with Gasteiger partial charge in [0.2, 0.25) is 5.43 Å². The highest BCUT2D eigenvalue weighted by atomic mass is 16.5. The van der Waals surface area contributed by atoms with E-state index in [0.717, 1.165) is 0 Å². The highest BCUT2D eigenvalue weighted by Crippen LogP contribution is 2.28. The van der Waals surface area contributed by atoms with Gasteiger partial charge in [-0.2, -0.15) is 5.10 Å². The second-order valence-electron chi connectivity index (χ2n) is 4.00. The lowest BCUT2D eigenvalue weighted by Crippen LogP contribution is -2.25. The van der Waals surface area contributed by atoms with E-state index in [-0.39, 0.29) is 17.1 Å². The molecule has 0 aliphatic carbocycles. The minimum absolute atomic E-state index is 0.0495. The van der Waals surface area contributed by atoms with E-state index in [4.69, 9.17) is 4.74 Å². The van der Waals surface area contributed by atoms with Crippen molar-refractivity contribution in [2.75, 3.05) is 6.61 Å². The standard InChI is InChI=1S/C11H9N3O3/c1-6-5-17-8-2-12-13-9-10(8)14(6)3-7(4-15)11(9)16/h2-4,6H,5H2,1H3. The van der Waals surface area contributed by atoms with Crippen LogP contribution >= 0.6 is 0 Å². The Balaban J connectivity index is 2.54. The molecule has 86 valence electrons. The molecule has 0 radical (unpaired) electrons. The number of hydrogen-bond donors (Lipinski definition) is 0. The van der Waals surface area contributed by atoms with Crippen molar-refractivity contribution in [2.45, 2.75) is 13.0 Å². The highest BCUT2D eigenvalue weighted by molar-refractivity contribution is 5.86. The molecule has 0 bridgehead atoms. The Kier molecular flexibility index (Phi) is 1.98. The summed E-state index contributed by atoms with van der Waals surface area (Å²) in [6.45, 7) is 2.43. The Morgan fingerprint density at radius 1 is 1.59 bits per heavy atom. The van der Waals surface area contributed by atoms with E-state index in [9.17, 15) is 9.59 Å². The maximum atomic E-state index is 11.9. The van der Waals surface area contributed by atoms with E-state index in [1.54, 1.807) is 6.20 Å². The van der Waals surface area contributed by atoms with Gasteiger partial charge in [-0.05, 0) is 6.92 Å². The molecule has 1 aliphatic heterocycles. The minimum Gasteiger partial charge on any atom is -0.487 e. The molecule has 1 atom stereocenters. The first-order valence-electron chi connectivity index (χ1n) is 5.21. The summed E-state index contributed by atoms with van der Waals surface area (Å²) in [6, 6.07) is 0.0495. The molecule has 0 spiro atoms. The molecule has 0 amide bonds. The van der Waals surface area contributed by atoms with E-state index < -0.39 is 5.43 Å². The van der Waals surface area contributed by atoms with Crippen LogP contribution in [0.2, 0.25) is 0 Å². The Morgan fingerprint density at radius 3 is 3.18 bits per heavy atom. The van der Waals surface area contributed by atoms with Gasteiger partial charge in [-0.15, -0.1) is 5.10 Å². The Hall–Kier alpha value is -2.24. The van der Waals surface area contributed by atoms with Crippen molar-refractivity contribution in [3.05, 3.63) is 28.2 Å². The first-order chi connectivity index (χ1) is 8.22. The summed E-state index contributed by atoms with van der Waals surface area (Å²) in [4.78, 5) is 22.8. The third-order valence-electron chi connectivity index (χ3n) is 2.89. The summed E-state index contributed by atoms with van der Waals surface area (Å²) >= 11 is 0. The van der Waals surface area contributed by atoms with Gasteiger partial charge in [0.05, 0.1) is 17.8 Å². The van der Waals surface area contributed by atoms with E-state index >= 15 is 0 Å². The molecule has 3 heterocycles. The number of nitrogens with zero attached hydrogens (tertiary/aromatic N) is 3. The van der Waals surface area contributed by atoms with Gasteiger partial charge < -0.3 is 9.30 Å². The van der Waals surface area contributed by atoms with Crippen molar-refractivity contribution in [2.24, 2.45) is 0 Å². The minimum atomic E-state index is -0.404. The molecule has 1 unspecified atom stereocenters. The van der Waals surface area contributed by atoms with Gasteiger partial charge in [-0.25, -0.2) is 0 Å². The molecule has 0 aromatic carbocycles. The number of carbonyl (C=O) groups is 1. The zero-order chi connectivity index (χ0) is 12.0. The molecule has 2 aromatic rings. The number of rotatable bonds is 1. The van der Waals surface area contributed by atoms with Crippen molar-refractivity contribution in [3.8, 4) is 5.75 Å². The largest absolute Gasteiger partial charge is 0.487 e. The van der Waals surface area contributed by atoms with Gasteiger partial charge >= 0.3 is 0 Å². The van der Waals surface area contributed by atoms with Crippen molar-refractivity contribution in [1.29, 1.82) is 0 Å². The molecule has 0 fully saturated rings.